The third-order valence-electron chi connectivity index (χ3n) is 3.52. The normalized spacial score (nSPS) is 16.4. The lowest BCUT2D eigenvalue weighted by atomic mass is 10.1. The van der Waals surface area contributed by atoms with E-state index < -0.39 is 0 Å². The average Bonchev–Trinajstić information content (AvgIpc) is 2.97. The smallest absolute Gasteiger partial charge is 0.267 e. The second kappa shape index (κ2) is 5.68. The number of aromatic nitrogens is 2. The van der Waals surface area contributed by atoms with E-state index in [9.17, 15) is 4.79 Å². The van der Waals surface area contributed by atoms with Crippen molar-refractivity contribution in [2.24, 2.45) is 0 Å². The van der Waals surface area contributed by atoms with Gasteiger partial charge in [-0.05, 0) is 18.6 Å². The fraction of sp³-hybridized carbons (Fsp3) is 0.357. The van der Waals surface area contributed by atoms with E-state index in [1.54, 1.807) is 0 Å². The van der Waals surface area contributed by atoms with Crippen LogP contribution in [0.5, 0.6) is 0 Å². The second-order valence-corrected chi connectivity index (χ2v) is 5.67. The third kappa shape index (κ3) is 2.57. The zero-order valence-electron chi connectivity index (χ0n) is 11.3. The lowest BCUT2D eigenvalue weighted by molar-refractivity contribution is 0.0669. The van der Waals surface area contributed by atoms with Crippen LogP contribution in [0.1, 0.15) is 9.67 Å². The first-order chi connectivity index (χ1) is 9.75. The van der Waals surface area contributed by atoms with Crippen molar-refractivity contribution in [3.05, 3.63) is 35.2 Å². The summed E-state index contributed by atoms with van der Waals surface area (Å²) in [5.41, 5.74) is 1.64. The molecule has 6 heteroatoms. The van der Waals surface area contributed by atoms with E-state index in [4.69, 9.17) is 0 Å². The highest BCUT2D eigenvalue weighted by molar-refractivity contribution is 7.08. The molecule has 20 heavy (non-hydrogen) atoms. The maximum atomic E-state index is 12.6. The number of carbonyl (C=O) groups is 1. The Kier molecular flexibility index (Phi) is 3.75. The van der Waals surface area contributed by atoms with Gasteiger partial charge in [-0.3, -0.25) is 4.79 Å². The lowest BCUT2D eigenvalue weighted by Crippen LogP contribution is -2.47. The van der Waals surface area contributed by atoms with Gasteiger partial charge in [0.05, 0.1) is 0 Å². The SMILES string of the molecule is CN1CCN(C(=O)c2snnc2-c2ccccc2)CC1. The molecule has 0 atom stereocenters. The summed E-state index contributed by atoms with van der Waals surface area (Å²) in [6.07, 6.45) is 0. The van der Waals surface area contributed by atoms with Crippen molar-refractivity contribution in [1.82, 2.24) is 19.4 Å². The number of nitrogens with zero attached hydrogens (tertiary/aromatic N) is 4. The third-order valence-corrected chi connectivity index (χ3v) is 4.23. The molecule has 0 aliphatic carbocycles. The van der Waals surface area contributed by atoms with Crippen molar-refractivity contribution in [2.45, 2.75) is 0 Å². The molecule has 0 spiro atoms. The predicted molar refractivity (Wildman–Crippen MR) is 78.7 cm³/mol. The number of piperazine rings is 1. The van der Waals surface area contributed by atoms with Crippen molar-refractivity contribution in [3.63, 3.8) is 0 Å². The van der Waals surface area contributed by atoms with Gasteiger partial charge in [0.15, 0.2) is 0 Å². The molecular formula is C14H16N4OS. The second-order valence-electron chi connectivity index (χ2n) is 4.91. The Morgan fingerprint density at radius 3 is 2.55 bits per heavy atom. The van der Waals surface area contributed by atoms with Gasteiger partial charge in [-0.1, -0.05) is 34.8 Å². The first-order valence-corrected chi connectivity index (χ1v) is 7.38. The molecule has 1 fully saturated rings. The molecule has 0 bridgehead atoms. The Bertz CT molecular complexity index is 590. The van der Waals surface area contributed by atoms with Gasteiger partial charge in [-0.15, -0.1) is 5.10 Å². The largest absolute Gasteiger partial charge is 0.335 e. The standard InChI is InChI=1S/C14H16N4OS/c1-17-7-9-18(10-8-17)14(19)13-12(15-16-20-13)11-5-3-2-4-6-11/h2-6H,7-10H2,1H3. The number of hydrogen-bond donors (Lipinski definition) is 0. The Morgan fingerprint density at radius 1 is 1.15 bits per heavy atom. The topological polar surface area (TPSA) is 49.3 Å². The van der Waals surface area contributed by atoms with Gasteiger partial charge in [0.1, 0.15) is 10.6 Å². The van der Waals surface area contributed by atoms with Crippen LogP contribution in [0.2, 0.25) is 0 Å². The molecule has 0 radical (unpaired) electrons. The van der Waals surface area contributed by atoms with Crippen LogP contribution in [-0.4, -0.2) is 58.5 Å². The molecule has 1 aromatic carbocycles. The maximum absolute atomic E-state index is 12.6. The molecule has 0 N–H and O–H groups in total. The minimum atomic E-state index is 0.0481. The van der Waals surface area contributed by atoms with Crippen LogP contribution in [0.4, 0.5) is 0 Å². The van der Waals surface area contributed by atoms with Crippen LogP contribution in [0.25, 0.3) is 11.3 Å². The number of benzene rings is 1. The van der Waals surface area contributed by atoms with Gasteiger partial charge in [0.2, 0.25) is 0 Å². The summed E-state index contributed by atoms with van der Waals surface area (Å²) in [7, 11) is 2.07. The maximum Gasteiger partial charge on any atom is 0.267 e. The molecule has 1 saturated heterocycles. The zero-order valence-corrected chi connectivity index (χ0v) is 12.1. The number of rotatable bonds is 2. The van der Waals surface area contributed by atoms with E-state index in [0.717, 1.165) is 31.7 Å². The fourth-order valence-corrected chi connectivity index (χ4v) is 2.93. The molecule has 0 saturated carbocycles. The van der Waals surface area contributed by atoms with Gasteiger partial charge < -0.3 is 9.80 Å². The number of carbonyl (C=O) groups excluding carboxylic acids is 1. The molecule has 104 valence electrons. The molecule has 1 aromatic heterocycles. The first kappa shape index (κ1) is 13.2. The van der Waals surface area contributed by atoms with Crippen molar-refractivity contribution in [2.75, 3.05) is 33.2 Å². The summed E-state index contributed by atoms with van der Waals surface area (Å²) in [5.74, 6) is 0.0481. The van der Waals surface area contributed by atoms with Crippen LogP contribution in [0.3, 0.4) is 0 Å². The van der Waals surface area contributed by atoms with Crippen molar-refractivity contribution >= 4 is 17.4 Å². The van der Waals surface area contributed by atoms with Crippen LogP contribution in [-0.2, 0) is 0 Å². The molecular weight excluding hydrogens is 272 g/mol. The summed E-state index contributed by atoms with van der Waals surface area (Å²) in [6.45, 7) is 3.36. The predicted octanol–water partition coefficient (Wildman–Crippen LogP) is 1.59. The number of amides is 1. The minimum absolute atomic E-state index is 0.0481. The molecule has 1 aliphatic heterocycles. The van der Waals surface area contributed by atoms with Crippen LogP contribution >= 0.6 is 11.5 Å². The molecule has 2 aromatic rings. The zero-order chi connectivity index (χ0) is 13.9. The van der Waals surface area contributed by atoms with E-state index in [-0.39, 0.29) is 5.91 Å². The molecule has 5 nitrogen and oxygen atoms in total. The summed E-state index contributed by atoms with van der Waals surface area (Å²) in [4.78, 5) is 17.4. The number of hydrogen-bond acceptors (Lipinski definition) is 5. The van der Waals surface area contributed by atoms with Gasteiger partial charge in [0.25, 0.3) is 5.91 Å². The lowest BCUT2D eigenvalue weighted by Gasteiger charge is -2.32. The van der Waals surface area contributed by atoms with E-state index in [1.807, 2.05) is 35.2 Å². The number of likely N-dealkylation sites (N-methyl/N-ethyl adjacent to an activating group) is 1. The quantitative estimate of drug-likeness (QED) is 0.842. The summed E-state index contributed by atoms with van der Waals surface area (Å²) in [6, 6.07) is 9.75. The van der Waals surface area contributed by atoms with Crippen LogP contribution in [0.15, 0.2) is 30.3 Å². The molecule has 1 amide bonds. The summed E-state index contributed by atoms with van der Waals surface area (Å²) < 4.78 is 3.96. The van der Waals surface area contributed by atoms with Gasteiger partial charge in [0, 0.05) is 31.7 Å². The Morgan fingerprint density at radius 2 is 1.85 bits per heavy atom. The van der Waals surface area contributed by atoms with E-state index >= 15 is 0 Å². The molecule has 1 aliphatic rings. The van der Waals surface area contributed by atoms with Crippen molar-refractivity contribution < 1.29 is 4.79 Å². The molecule has 3 rings (SSSR count). The van der Waals surface area contributed by atoms with Gasteiger partial charge in [-0.2, -0.15) is 0 Å². The van der Waals surface area contributed by atoms with Gasteiger partial charge in [-0.25, -0.2) is 0 Å². The highest BCUT2D eigenvalue weighted by atomic mass is 32.1. The monoisotopic (exact) mass is 288 g/mol. The Balaban J connectivity index is 1.85. The summed E-state index contributed by atoms with van der Waals surface area (Å²) >= 11 is 1.18. The summed E-state index contributed by atoms with van der Waals surface area (Å²) in [5, 5.41) is 4.13. The highest BCUT2D eigenvalue weighted by Crippen LogP contribution is 2.25. The fourth-order valence-electron chi connectivity index (χ4n) is 2.27. The van der Waals surface area contributed by atoms with Crippen LogP contribution in [0, 0.1) is 0 Å². The Hall–Kier alpha value is -1.79. The van der Waals surface area contributed by atoms with Gasteiger partial charge >= 0.3 is 0 Å². The van der Waals surface area contributed by atoms with Crippen LogP contribution < -0.4 is 0 Å². The first-order valence-electron chi connectivity index (χ1n) is 6.61. The molecule has 2 heterocycles. The van der Waals surface area contributed by atoms with Crippen molar-refractivity contribution in [1.29, 1.82) is 0 Å². The highest BCUT2D eigenvalue weighted by Gasteiger charge is 2.25. The van der Waals surface area contributed by atoms with E-state index in [0.29, 0.717) is 10.6 Å². The Labute approximate surface area is 122 Å². The van der Waals surface area contributed by atoms with E-state index in [1.165, 1.54) is 11.5 Å². The minimum Gasteiger partial charge on any atom is -0.335 e. The van der Waals surface area contributed by atoms with E-state index in [2.05, 4.69) is 21.5 Å². The van der Waals surface area contributed by atoms with Crippen molar-refractivity contribution in [3.8, 4) is 11.3 Å². The molecule has 0 unspecified atom stereocenters. The average molecular weight is 288 g/mol.